The minimum Gasteiger partial charge on any atom is -0.493 e. The Labute approximate surface area is 137 Å². The third-order valence-corrected chi connectivity index (χ3v) is 5.86. The second kappa shape index (κ2) is 7.02. The SMILES string of the molecule is COc1ccc([C@@H](CN)S(=O)(=O)c2ccc(C)cc2)cc1OC. The zero-order valence-electron chi connectivity index (χ0n) is 13.4. The number of hydrogen-bond donors (Lipinski definition) is 1. The summed E-state index contributed by atoms with van der Waals surface area (Å²) in [5.74, 6) is 1.02. The van der Waals surface area contributed by atoms with Crippen LogP contribution in [0.3, 0.4) is 0 Å². The lowest BCUT2D eigenvalue weighted by molar-refractivity contribution is 0.354. The van der Waals surface area contributed by atoms with Gasteiger partial charge in [0.2, 0.25) is 0 Å². The van der Waals surface area contributed by atoms with Gasteiger partial charge in [-0.05, 0) is 36.8 Å². The molecule has 2 aromatic carbocycles. The normalized spacial score (nSPS) is 12.7. The van der Waals surface area contributed by atoms with Gasteiger partial charge < -0.3 is 15.2 Å². The summed E-state index contributed by atoms with van der Waals surface area (Å²) in [5.41, 5.74) is 7.34. The van der Waals surface area contributed by atoms with E-state index in [0.29, 0.717) is 17.1 Å². The molecule has 0 aliphatic heterocycles. The summed E-state index contributed by atoms with van der Waals surface area (Å²) in [5, 5.41) is -0.843. The average Bonchev–Trinajstić information content (AvgIpc) is 2.55. The molecule has 2 N–H and O–H groups in total. The molecule has 5 nitrogen and oxygen atoms in total. The van der Waals surface area contributed by atoms with Crippen molar-refractivity contribution in [1.82, 2.24) is 0 Å². The van der Waals surface area contributed by atoms with Crippen LogP contribution in [0.4, 0.5) is 0 Å². The molecule has 0 fully saturated rings. The molecule has 23 heavy (non-hydrogen) atoms. The molecule has 1 atom stereocenters. The summed E-state index contributed by atoms with van der Waals surface area (Å²) in [7, 11) is -0.551. The molecule has 0 bridgehead atoms. The number of hydrogen-bond acceptors (Lipinski definition) is 5. The van der Waals surface area contributed by atoms with E-state index in [-0.39, 0.29) is 11.4 Å². The minimum atomic E-state index is -3.59. The van der Waals surface area contributed by atoms with Crippen molar-refractivity contribution in [3.8, 4) is 11.5 Å². The van der Waals surface area contributed by atoms with Crippen LogP contribution in [0.5, 0.6) is 11.5 Å². The van der Waals surface area contributed by atoms with E-state index in [9.17, 15) is 8.42 Å². The van der Waals surface area contributed by atoms with E-state index in [1.165, 1.54) is 14.2 Å². The Morgan fingerprint density at radius 2 is 1.61 bits per heavy atom. The predicted octanol–water partition coefficient (Wildman–Crippen LogP) is 2.49. The van der Waals surface area contributed by atoms with Crippen LogP contribution in [0.15, 0.2) is 47.4 Å². The van der Waals surface area contributed by atoms with Crippen molar-refractivity contribution in [1.29, 1.82) is 0 Å². The van der Waals surface area contributed by atoms with E-state index in [4.69, 9.17) is 15.2 Å². The van der Waals surface area contributed by atoms with E-state index >= 15 is 0 Å². The van der Waals surface area contributed by atoms with Gasteiger partial charge in [0.15, 0.2) is 21.3 Å². The molecule has 0 radical (unpaired) electrons. The zero-order chi connectivity index (χ0) is 17.0. The van der Waals surface area contributed by atoms with Gasteiger partial charge in [0.1, 0.15) is 5.25 Å². The molecule has 2 rings (SSSR count). The van der Waals surface area contributed by atoms with Crippen LogP contribution >= 0.6 is 0 Å². The van der Waals surface area contributed by atoms with Gasteiger partial charge >= 0.3 is 0 Å². The number of benzene rings is 2. The van der Waals surface area contributed by atoms with Crippen molar-refractivity contribution in [2.24, 2.45) is 5.73 Å². The van der Waals surface area contributed by atoms with Crippen LogP contribution in [0, 0.1) is 6.92 Å². The maximum absolute atomic E-state index is 12.9. The summed E-state index contributed by atoms with van der Waals surface area (Å²) in [4.78, 5) is 0.258. The standard InChI is InChI=1S/C17H21NO4S/c1-12-4-7-14(8-5-12)23(19,20)17(11-18)13-6-9-15(21-2)16(10-13)22-3/h4-10,17H,11,18H2,1-3H3/t17-/m1/s1. The maximum atomic E-state index is 12.9. The first-order chi connectivity index (χ1) is 10.9. The van der Waals surface area contributed by atoms with Crippen LogP contribution in [-0.4, -0.2) is 29.2 Å². The first-order valence-corrected chi connectivity index (χ1v) is 8.71. The monoisotopic (exact) mass is 335 g/mol. The molecule has 0 aliphatic rings. The third-order valence-electron chi connectivity index (χ3n) is 3.72. The molecule has 0 heterocycles. The number of ether oxygens (including phenoxy) is 2. The maximum Gasteiger partial charge on any atom is 0.186 e. The second-order valence-electron chi connectivity index (χ2n) is 5.20. The van der Waals surface area contributed by atoms with E-state index in [2.05, 4.69) is 0 Å². The van der Waals surface area contributed by atoms with Crippen LogP contribution in [0.1, 0.15) is 16.4 Å². The van der Waals surface area contributed by atoms with Crippen LogP contribution in [-0.2, 0) is 9.84 Å². The lowest BCUT2D eigenvalue weighted by atomic mass is 10.1. The first kappa shape index (κ1) is 17.3. The Bertz CT molecular complexity index is 770. The molecular formula is C17H21NO4S. The van der Waals surface area contributed by atoms with E-state index in [0.717, 1.165) is 5.56 Å². The molecule has 0 aliphatic carbocycles. The molecule has 6 heteroatoms. The van der Waals surface area contributed by atoms with Crippen LogP contribution < -0.4 is 15.2 Å². The van der Waals surface area contributed by atoms with Gasteiger partial charge in [0.05, 0.1) is 19.1 Å². The van der Waals surface area contributed by atoms with Gasteiger partial charge in [-0.25, -0.2) is 8.42 Å². The molecule has 0 unspecified atom stereocenters. The fourth-order valence-corrected chi connectivity index (χ4v) is 3.99. The molecule has 0 saturated heterocycles. The molecular weight excluding hydrogens is 314 g/mol. The summed E-state index contributed by atoms with van der Waals surface area (Å²) in [6.45, 7) is 1.89. The van der Waals surface area contributed by atoms with Gasteiger partial charge in [0, 0.05) is 6.54 Å². The summed E-state index contributed by atoms with van der Waals surface area (Å²) < 4.78 is 36.2. The lowest BCUT2D eigenvalue weighted by Gasteiger charge is -2.18. The Morgan fingerprint density at radius 3 is 2.13 bits per heavy atom. The Kier molecular flexibility index (Phi) is 5.28. The van der Waals surface area contributed by atoms with Crippen molar-refractivity contribution in [3.05, 3.63) is 53.6 Å². The van der Waals surface area contributed by atoms with E-state index in [1.807, 2.05) is 6.92 Å². The van der Waals surface area contributed by atoms with Crippen LogP contribution in [0.25, 0.3) is 0 Å². The van der Waals surface area contributed by atoms with Gasteiger partial charge in [-0.15, -0.1) is 0 Å². The topological polar surface area (TPSA) is 78.6 Å². The molecule has 0 aromatic heterocycles. The highest BCUT2D eigenvalue weighted by Gasteiger charge is 2.28. The molecule has 0 spiro atoms. The molecule has 124 valence electrons. The fraction of sp³-hybridized carbons (Fsp3) is 0.294. The largest absolute Gasteiger partial charge is 0.493 e. The smallest absolute Gasteiger partial charge is 0.186 e. The average molecular weight is 335 g/mol. The molecule has 0 amide bonds. The fourth-order valence-electron chi connectivity index (χ4n) is 2.39. The number of aryl methyl sites for hydroxylation is 1. The highest BCUT2D eigenvalue weighted by atomic mass is 32.2. The van der Waals surface area contributed by atoms with Gasteiger partial charge in [-0.1, -0.05) is 23.8 Å². The number of sulfone groups is 1. The van der Waals surface area contributed by atoms with Gasteiger partial charge in [-0.2, -0.15) is 0 Å². The zero-order valence-corrected chi connectivity index (χ0v) is 14.3. The van der Waals surface area contributed by atoms with Crippen molar-refractivity contribution in [2.45, 2.75) is 17.1 Å². The molecule has 2 aromatic rings. The van der Waals surface area contributed by atoms with Crippen LogP contribution in [0.2, 0.25) is 0 Å². The Morgan fingerprint density at radius 1 is 1.00 bits per heavy atom. The van der Waals surface area contributed by atoms with Gasteiger partial charge in [0.25, 0.3) is 0 Å². The van der Waals surface area contributed by atoms with Crippen molar-refractivity contribution >= 4 is 9.84 Å². The second-order valence-corrected chi connectivity index (χ2v) is 7.33. The van der Waals surface area contributed by atoms with Crippen molar-refractivity contribution in [3.63, 3.8) is 0 Å². The predicted molar refractivity (Wildman–Crippen MR) is 89.7 cm³/mol. The quantitative estimate of drug-likeness (QED) is 0.877. The number of nitrogens with two attached hydrogens (primary N) is 1. The van der Waals surface area contributed by atoms with Gasteiger partial charge in [-0.3, -0.25) is 0 Å². The Hall–Kier alpha value is -2.05. The summed E-state index contributed by atoms with van der Waals surface area (Å²) >= 11 is 0. The first-order valence-electron chi connectivity index (χ1n) is 7.16. The molecule has 0 saturated carbocycles. The lowest BCUT2D eigenvalue weighted by Crippen LogP contribution is -2.22. The van der Waals surface area contributed by atoms with Crippen molar-refractivity contribution in [2.75, 3.05) is 20.8 Å². The Balaban J connectivity index is 2.48. The summed E-state index contributed by atoms with van der Waals surface area (Å²) in [6, 6.07) is 11.8. The van der Waals surface area contributed by atoms with Crippen molar-refractivity contribution < 1.29 is 17.9 Å². The number of rotatable bonds is 6. The van der Waals surface area contributed by atoms with E-state index < -0.39 is 15.1 Å². The number of methoxy groups -OCH3 is 2. The third kappa shape index (κ3) is 3.48. The highest BCUT2D eigenvalue weighted by Crippen LogP contribution is 2.34. The minimum absolute atomic E-state index is 0.0221. The highest BCUT2D eigenvalue weighted by molar-refractivity contribution is 7.91. The summed E-state index contributed by atoms with van der Waals surface area (Å²) in [6.07, 6.45) is 0. The van der Waals surface area contributed by atoms with E-state index in [1.54, 1.807) is 42.5 Å².